The number of methoxy groups -OCH3 is 3. The van der Waals surface area contributed by atoms with Gasteiger partial charge in [-0.2, -0.15) is 9.50 Å². The minimum Gasteiger partial charge on any atom is -0.495 e. The van der Waals surface area contributed by atoms with Gasteiger partial charge in [0.1, 0.15) is 16.5 Å². The van der Waals surface area contributed by atoms with Gasteiger partial charge in [-0.05, 0) is 12.1 Å². The van der Waals surface area contributed by atoms with Crippen LogP contribution in [0.2, 0.25) is 5.02 Å². The van der Waals surface area contributed by atoms with Crippen molar-refractivity contribution in [2.45, 2.75) is 4.90 Å². The van der Waals surface area contributed by atoms with E-state index in [0.29, 0.717) is 0 Å². The molecule has 1 N–H and O–H groups in total. The topological polar surface area (TPSA) is 117 Å². The molecule has 0 amide bonds. The van der Waals surface area contributed by atoms with Crippen molar-refractivity contribution in [3.63, 3.8) is 0 Å². The second-order valence-electron chi connectivity index (χ2n) is 4.86. The van der Waals surface area contributed by atoms with E-state index in [1.807, 2.05) is 0 Å². The maximum Gasteiger partial charge on any atom is 0.319 e. The smallest absolute Gasteiger partial charge is 0.319 e. The average Bonchev–Trinajstić information content (AvgIpc) is 3.05. The number of nitrogens with one attached hydrogen (secondary N) is 1. The molecule has 12 heteroatoms. The summed E-state index contributed by atoms with van der Waals surface area (Å²) < 4.78 is 44.5. The van der Waals surface area contributed by atoms with Crippen molar-refractivity contribution >= 4 is 33.2 Å². The first-order valence-corrected chi connectivity index (χ1v) is 8.96. The summed E-state index contributed by atoms with van der Waals surface area (Å²) in [6.45, 7) is 0. The van der Waals surface area contributed by atoms with Gasteiger partial charge in [0.25, 0.3) is 16.0 Å². The predicted molar refractivity (Wildman–Crippen MR) is 92.7 cm³/mol. The van der Waals surface area contributed by atoms with Gasteiger partial charge in [-0.3, -0.25) is 0 Å². The second-order valence-corrected chi connectivity index (χ2v) is 6.89. The van der Waals surface area contributed by atoms with Crippen LogP contribution in [0.5, 0.6) is 17.5 Å². The van der Waals surface area contributed by atoms with Gasteiger partial charge in [0.05, 0.1) is 27.5 Å². The molecule has 0 fully saturated rings. The first kappa shape index (κ1) is 18.0. The number of benzene rings is 1. The van der Waals surface area contributed by atoms with Crippen molar-refractivity contribution in [2.75, 3.05) is 26.1 Å². The van der Waals surface area contributed by atoms with E-state index in [9.17, 15) is 8.42 Å². The number of ether oxygens (including phenoxy) is 3. The summed E-state index contributed by atoms with van der Waals surface area (Å²) in [5.74, 6) is 0.00180. The van der Waals surface area contributed by atoms with Crippen molar-refractivity contribution in [3.8, 4) is 17.5 Å². The van der Waals surface area contributed by atoms with Crippen LogP contribution in [-0.2, 0) is 10.0 Å². The molecule has 0 bridgehead atoms. The fourth-order valence-electron chi connectivity index (χ4n) is 2.26. The van der Waals surface area contributed by atoms with Crippen LogP contribution in [0.4, 0.5) is 5.95 Å². The number of fused-ring (bicyclic) bond motifs is 1. The van der Waals surface area contributed by atoms with E-state index < -0.39 is 10.0 Å². The molecule has 26 heavy (non-hydrogen) atoms. The van der Waals surface area contributed by atoms with Gasteiger partial charge in [-0.1, -0.05) is 17.7 Å². The van der Waals surface area contributed by atoms with Crippen LogP contribution in [-0.4, -0.2) is 49.3 Å². The Labute approximate surface area is 153 Å². The molecule has 0 aliphatic rings. The van der Waals surface area contributed by atoms with Crippen LogP contribution in [0, 0.1) is 0 Å². The third kappa shape index (κ3) is 3.06. The predicted octanol–water partition coefficient (Wildman–Crippen LogP) is 1.60. The van der Waals surface area contributed by atoms with E-state index in [0.717, 1.165) is 0 Å². The first-order chi connectivity index (χ1) is 12.4. The summed E-state index contributed by atoms with van der Waals surface area (Å²) in [7, 11) is -0.0229. The zero-order valence-electron chi connectivity index (χ0n) is 13.9. The Balaban J connectivity index is 2.09. The number of hydrogen-bond acceptors (Lipinski definition) is 8. The highest BCUT2D eigenvalue weighted by Crippen LogP contribution is 2.34. The molecule has 2 heterocycles. The summed E-state index contributed by atoms with van der Waals surface area (Å²) >= 11 is 6.02. The zero-order valence-corrected chi connectivity index (χ0v) is 15.5. The van der Waals surface area contributed by atoms with Crippen molar-refractivity contribution in [2.24, 2.45) is 0 Å². The molecule has 1 aromatic carbocycles. The minimum atomic E-state index is -4.12. The summed E-state index contributed by atoms with van der Waals surface area (Å²) in [5.41, 5.74) is 0.184. The molecule has 0 atom stereocenters. The quantitative estimate of drug-likeness (QED) is 0.664. The average molecular weight is 400 g/mol. The van der Waals surface area contributed by atoms with E-state index in [2.05, 4.69) is 19.8 Å². The fraction of sp³-hybridized carbons (Fsp3) is 0.214. The molecule has 0 aliphatic heterocycles. The van der Waals surface area contributed by atoms with Gasteiger partial charge >= 0.3 is 6.01 Å². The normalized spacial score (nSPS) is 11.4. The van der Waals surface area contributed by atoms with Gasteiger partial charge in [0.15, 0.2) is 10.5 Å². The van der Waals surface area contributed by atoms with Crippen LogP contribution in [0.3, 0.4) is 0 Å². The SMILES string of the molecule is COc1cccc(OC)c1S(=O)(=O)Nc1nc2c(Cl)cnc(OC)n2n1. The molecule has 3 rings (SSSR count). The lowest BCUT2D eigenvalue weighted by molar-refractivity contribution is 0.367. The van der Waals surface area contributed by atoms with Crippen molar-refractivity contribution in [1.29, 1.82) is 0 Å². The second kappa shape index (κ2) is 6.84. The van der Waals surface area contributed by atoms with E-state index in [-0.39, 0.29) is 39.0 Å². The monoisotopic (exact) mass is 399 g/mol. The molecule has 0 radical (unpaired) electrons. The lowest BCUT2D eigenvalue weighted by atomic mass is 10.3. The third-order valence-electron chi connectivity index (χ3n) is 3.35. The molecule has 0 saturated carbocycles. The summed E-state index contributed by atoms with van der Waals surface area (Å²) in [4.78, 5) is 7.83. The van der Waals surface area contributed by atoms with Crippen LogP contribution in [0.15, 0.2) is 29.3 Å². The Morgan fingerprint density at radius 3 is 2.35 bits per heavy atom. The van der Waals surface area contributed by atoms with Gasteiger partial charge < -0.3 is 14.2 Å². The van der Waals surface area contributed by atoms with Gasteiger partial charge in [-0.15, -0.1) is 5.10 Å². The number of hydrogen-bond donors (Lipinski definition) is 1. The highest BCUT2D eigenvalue weighted by Gasteiger charge is 2.26. The van der Waals surface area contributed by atoms with Crippen molar-refractivity contribution < 1.29 is 22.6 Å². The third-order valence-corrected chi connectivity index (χ3v) is 5.01. The fourth-order valence-corrected chi connectivity index (χ4v) is 3.69. The van der Waals surface area contributed by atoms with E-state index in [1.54, 1.807) is 6.07 Å². The molecule has 10 nitrogen and oxygen atoms in total. The maximum atomic E-state index is 12.8. The summed E-state index contributed by atoms with van der Waals surface area (Å²) in [5, 5.41) is 4.21. The largest absolute Gasteiger partial charge is 0.495 e. The van der Waals surface area contributed by atoms with Crippen LogP contribution in [0.25, 0.3) is 5.65 Å². The molecule has 138 valence electrons. The number of nitrogens with zero attached hydrogens (tertiary/aromatic N) is 4. The molecule has 3 aromatic rings. The minimum absolute atomic E-state index is 0.0946. The number of halogens is 1. The standard InChI is InChI=1S/C14H14ClN5O5S/c1-23-9-5-4-6-10(24-2)11(9)26(21,22)19-13-17-12-8(15)7-16-14(25-3)20(12)18-13/h4-7H,1-3H3,(H,18,19). The van der Waals surface area contributed by atoms with E-state index in [1.165, 1.54) is 44.2 Å². The molecule has 0 unspecified atom stereocenters. The Hall–Kier alpha value is -2.79. The Morgan fingerprint density at radius 2 is 1.77 bits per heavy atom. The Bertz CT molecular complexity index is 1050. The van der Waals surface area contributed by atoms with Crippen LogP contribution >= 0.6 is 11.6 Å². The van der Waals surface area contributed by atoms with E-state index >= 15 is 0 Å². The Kier molecular flexibility index (Phi) is 4.74. The molecule has 2 aromatic heterocycles. The lowest BCUT2D eigenvalue weighted by Crippen LogP contribution is -2.16. The van der Waals surface area contributed by atoms with Gasteiger partial charge in [0, 0.05) is 0 Å². The molecule has 0 spiro atoms. The zero-order chi connectivity index (χ0) is 18.9. The van der Waals surface area contributed by atoms with Crippen molar-refractivity contribution in [1.82, 2.24) is 19.6 Å². The first-order valence-electron chi connectivity index (χ1n) is 7.10. The number of anilines is 1. The maximum absolute atomic E-state index is 12.8. The van der Waals surface area contributed by atoms with Gasteiger partial charge in [-0.25, -0.2) is 18.1 Å². The molecular weight excluding hydrogens is 386 g/mol. The summed E-state index contributed by atoms with van der Waals surface area (Å²) in [6.07, 6.45) is 1.33. The highest BCUT2D eigenvalue weighted by molar-refractivity contribution is 7.93. The molecule has 0 saturated heterocycles. The van der Waals surface area contributed by atoms with Crippen molar-refractivity contribution in [3.05, 3.63) is 29.4 Å². The van der Waals surface area contributed by atoms with Crippen LogP contribution < -0.4 is 18.9 Å². The number of rotatable bonds is 6. The highest BCUT2D eigenvalue weighted by atomic mass is 35.5. The Morgan fingerprint density at radius 1 is 1.12 bits per heavy atom. The number of aromatic nitrogens is 4. The molecule has 0 aliphatic carbocycles. The van der Waals surface area contributed by atoms with Gasteiger partial charge in [0.2, 0.25) is 0 Å². The summed E-state index contributed by atoms with van der Waals surface area (Å²) in [6, 6.07) is 4.70. The van der Waals surface area contributed by atoms with E-state index in [4.69, 9.17) is 25.8 Å². The number of sulfonamides is 1. The lowest BCUT2D eigenvalue weighted by Gasteiger charge is -2.13. The van der Waals surface area contributed by atoms with Crippen LogP contribution in [0.1, 0.15) is 0 Å². The molecular formula is C14H14ClN5O5S.